The van der Waals surface area contributed by atoms with Gasteiger partial charge >= 0.3 is 5.97 Å². The fourth-order valence-corrected chi connectivity index (χ4v) is 2.84. The van der Waals surface area contributed by atoms with Crippen LogP contribution in [-0.2, 0) is 25.6 Å². The van der Waals surface area contributed by atoms with Crippen molar-refractivity contribution in [3.8, 4) is 5.75 Å². The van der Waals surface area contributed by atoms with E-state index >= 15 is 0 Å². The molecule has 0 bridgehead atoms. The predicted octanol–water partition coefficient (Wildman–Crippen LogP) is -2.02. The first-order valence-electron chi connectivity index (χ1n) is 10.5. The molecule has 1 rings (SSSR count). The van der Waals surface area contributed by atoms with Gasteiger partial charge in [0, 0.05) is 6.42 Å². The molecule has 0 saturated carbocycles. The second kappa shape index (κ2) is 14.0. The molecule has 9 N–H and O–H groups in total. The number of aromatic hydroxyl groups is 1. The van der Waals surface area contributed by atoms with E-state index in [-0.39, 0.29) is 18.6 Å². The van der Waals surface area contributed by atoms with Gasteiger partial charge in [-0.05, 0) is 24.1 Å². The van der Waals surface area contributed by atoms with Gasteiger partial charge in [-0.25, -0.2) is 4.79 Å². The zero-order chi connectivity index (χ0) is 25.0. The summed E-state index contributed by atoms with van der Waals surface area (Å²) in [7, 11) is 0. The summed E-state index contributed by atoms with van der Waals surface area (Å²) in [6, 6.07) is 0.647. The maximum Gasteiger partial charge on any atom is 0.326 e. The Labute approximate surface area is 191 Å². The molecule has 0 aromatic heterocycles. The van der Waals surface area contributed by atoms with Crippen molar-refractivity contribution in [3.05, 3.63) is 29.8 Å². The third-order valence-corrected chi connectivity index (χ3v) is 4.82. The number of aliphatic hydroxyl groups excluding tert-OH is 2. The average Bonchev–Trinajstić information content (AvgIpc) is 2.79. The number of aliphatic hydroxyl groups is 2. The maximum atomic E-state index is 12.8. The standard InChI is InChI=1S/C21H32N4O8/c1-2-3-4-15(21(32)33)23-20(31)17(11-27)25-19(30)16(24-18(29)14(22)10-26)9-12-5-7-13(28)8-6-12/h5-8,14-17,26-28H,2-4,9-11,22H2,1H3,(H,23,31)(H,24,29)(H,25,30)(H,32,33)/t14-,15-,16-,17-/m0/s1. The largest absolute Gasteiger partial charge is 0.508 e. The fraction of sp³-hybridized carbons (Fsp3) is 0.524. The topological polar surface area (TPSA) is 211 Å². The average molecular weight is 469 g/mol. The second-order valence-electron chi connectivity index (χ2n) is 7.51. The first-order valence-corrected chi connectivity index (χ1v) is 10.5. The molecule has 12 heteroatoms. The Morgan fingerprint density at radius 2 is 1.42 bits per heavy atom. The first-order chi connectivity index (χ1) is 15.6. The SMILES string of the molecule is CCCC[C@H](NC(=O)[C@H](CO)NC(=O)[C@H](Cc1ccc(O)cc1)NC(=O)[C@@H](N)CO)C(=O)O. The van der Waals surface area contributed by atoms with Crippen molar-refractivity contribution < 1.29 is 39.6 Å². The number of phenolic OH excluding ortho intramolecular Hbond substituents is 1. The number of carbonyl (C=O) groups excluding carboxylic acids is 3. The first kappa shape index (κ1) is 27.8. The van der Waals surface area contributed by atoms with Gasteiger partial charge in [-0.2, -0.15) is 0 Å². The molecule has 184 valence electrons. The minimum atomic E-state index is -1.47. The van der Waals surface area contributed by atoms with Gasteiger partial charge in [0.1, 0.15) is 29.9 Å². The van der Waals surface area contributed by atoms with Crippen LogP contribution >= 0.6 is 0 Å². The number of benzene rings is 1. The van der Waals surface area contributed by atoms with E-state index in [1.165, 1.54) is 24.3 Å². The Balaban J connectivity index is 2.96. The molecule has 0 saturated heterocycles. The minimum Gasteiger partial charge on any atom is -0.508 e. The van der Waals surface area contributed by atoms with Crippen LogP contribution in [0.15, 0.2) is 24.3 Å². The van der Waals surface area contributed by atoms with Gasteiger partial charge in [0.2, 0.25) is 17.7 Å². The summed E-state index contributed by atoms with van der Waals surface area (Å²) in [5.74, 6) is -3.78. The number of carboxylic acid groups (broad SMARTS) is 1. The minimum absolute atomic E-state index is 0.000775. The van der Waals surface area contributed by atoms with Crippen LogP contribution < -0.4 is 21.7 Å². The number of carboxylic acids is 1. The molecule has 0 heterocycles. The van der Waals surface area contributed by atoms with Crippen LogP contribution in [0.4, 0.5) is 0 Å². The van der Waals surface area contributed by atoms with Crippen molar-refractivity contribution in [2.75, 3.05) is 13.2 Å². The second-order valence-corrected chi connectivity index (χ2v) is 7.51. The number of nitrogens with two attached hydrogens (primary N) is 1. The molecule has 3 amide bonds. The van der Waals surface area contributed by atoms with Gasteiger partial charge in [0.05, 0.1) is 13.2 Å². The number of rotatable bonds is 14. The van der Waals surface area contributed by atoms with Crippen LogP contribution in [0.2, 0.25) is 0 Å². The van der Waals surface area contributed by atoms with Gasteiger partial charge in [0.15, 0.2) is 0 Å². The van der Waals surface area contributed by atoms with Crippen LogP contribution in [0.3, 0.4) is 0 Å². The van der Waals surface area contributed by atoms with Gasteiger partial charge in [-0.3, -0.25) is 14.4 Å². The van der Waals surface area contributed by atoms with Crippen LogP contribution in [0.1, 0.15) is 31.7 Å². The van der Waals surface area contributed by atoms with Gasteiger partial charge in [0.25, 0.3) is 0 Å². The Kier molecular flexibility index (Phi) is 11.8. The highest BCUT2D eigenvalue weighted by molar-refractivity contribution is 5.94. The third kappa shape index (κ3) is 9.43. The van der Waals surface area contributed by atoms with E-state index in [1.54, 1.807) is 0 Å². The quantitative estimate of drug-likeness (QED) is 0.151. The zero-order valence-corrected chi connectivity index (χ0v) is 18.4. The monoisotopic (exact) mass is 468 g/mol. The van der Waals surface area contributed by atoms with Crippen LogP contribution in [0.5, 0.6) is 5.75 Å². The highest BCUT2D eigenvalue weighted by Crippen LogP contribution is 2.12. The molecule has 0 radical (unpaired) electrons. The Morgan fingerprint density at radius 3 is 1.94 bits per heavy atom. The molecule has 0 aliphatic heterocycles. The normalized spacial score (nSPS) is 14.4. The summed E-state index contributed by atoms with van der Waals surface area (Å²) in [5.41, 5.74) is 6.05. The highest BCUT2D eigenvalue weighted by atomic mass is 16.4. The number of nitrogens with one attached hydrogen (secondary N) is 3. The smallest absolute Gasteiger partial charge is 0.326 e. The van der Waals surface area contributed by atoms with E-state index in [0.717, 1.165) is 0 Å². The molecular weight excluding hydrogens is 436 g/mol. The van der Waals surface area contributed by atoms with E-state index in [2.05, 4.69) is 16.0 Å². The van der Waals surface area contributed by atoms with Crippen molar-refractivity contribution in [2.45, 2.75) is 56.8 Å². The molecule has 0 fully saturated rings. The van der Waals surface area contributed by atoms with E-state index in [0.29, 0.717) is 18.4 Å². The third-order valence-electron chi connectivity index (χ3n) is 4.82. The number of amides is 3. The lowest BCUT2D eigenvalue weighted by atomic mass is 10.0. The van der Waals surface area contributed by atoms with Crippen LogP contribution in [-0.4, -0.2) is 81.5 Å². The molecule has 0 spiro atoms. The molecule has 0 aliphatic rings. The summed E-state index contributed by atoms with van der Waals surface area (Å²) in [4.78, 5) is 48.8. The summed E-state index contributed by atoms with van der Waals surface area (Å²) in [6.07, 6.45) is 1.40. The van der Waals surface area contributed by atoms with Gasteiger partial charge < -0.3 is 42.1 Å². The van der Waals surface area contributed by atoms with Gasteiger partial charge in [-0.1, -0.05) is 31.9 Å². The molecule has 12 nitrogen and oxygen atoms in total. The predicted molar refractivity (Wildman–Crippen MR) is 117 cm³/mol. The zero-order valence-electron chi connectivity index (χ0n) is 18.4. The number of hydrogen-bond acceptors (Lipinski definition) is 8. The van der Waals surface area contributed by atoms with E-state index in [1.807, 2.05) is 6.92 Å². The molecule has 1 aromatic rings. The van der Waals surface area contributed by atoms with Crippen LogP contribution in [0, 0.1) is 0 Å². The molecule has 1 aromatic carbocycles. The molecule has 0 unspecified atom stereocenters. The molecule has 33 heavy (non-hydrogen) atoms. The van der Waals surface area contributed by atoms with Crippen molar-refractivity contribution in [2.24, 2.45) is 5.73 Å². The molecular formula is C21H32N4O8. The number of unbranched alkanes of at least 4 members (excludes halogenated alkanes) is 1. The lowest BCUT2D eigenvalue weighted by Gasteiger charge is -2.24. The fourth-order valence-electron chi connectivity index (χ4n) is 2.84. The van der Waals surface area contributed by atoms with Gasteiger partial charge in [-0.15, -0.1) is 0 Å². The van der Waals surface area contributed by atoms with Crippen molar-refractivity contribution >= 4 is 23.7 Å². The number of aliphatic carboxylic acids is 1. The number of phenols is 1. The van der Waals surface area contributed by atoms with E-state index in [4.69, 9.17) is 10.8 Å². The summed E-state index contributed by atoms with van der Waals surface area (Å²) < 4.78 is 0. The highest BCUT2D eigenvalue weighted by Gasteiger charge is 2.30. The lowest BCUT2D eigenvalue weighted by Crippen LogP contribution is -2.58. The number of carbonyl (C=O) groups is 4. The Hall–Kier alpha value is -3.22. The van der Waals surface area contributed by atoms with E-state index < -0.39 is 61.1 Å². The molecule has 0 aliphatic carbocycles. The number of hydrogen-bond donors (Lipinski definition) is 8. The lowest BCUT2D eigenvalue weighted by molar-refractivity contribution is -0.142. The summed E-state index contributed by atoms with van der Waals surface area (Å²) in [6.45, 7) is 0.395. The van der Waals surface area contributed by atoms with Crippen molar-refractivity contribution in [1.29, 1.82) is 0 Å². The van der Waals surface area contributed by atoms with E-state index in [9.17, 15) is 34.5 Å². The molecule has 4 atom stereocenters. The summed E-state index contributed by atoms with van der Waals surface area (Å²) in [5, 5.41) is 44.3. The maximum absolute atomic E-state index is 12.8. The Morgan fingerprint density at radius 1 is 0.879 bits per heavy atom. The summed E-state index contributed by atoms with van der Waals surface area (Å²) >= 11 is 0. The van der Waals surface area contributed by atoms with Crippen molar-refractivity contribution in [3.63, 3.8) is 0 Å². The van der Waals surface area contributed by atoms with Crippen LogP contribution in [0.25, 0.3) is 0 Å². The van der Waals surface area contributed by atoms with Crippen molar-refractivity contribution in [1.82, 2.24) is 16.0 Å². The Bertz CT molecular complexity index is 802.